The molecule has 2 rings (SSSR count). The molecule has 1 heteroatoms. The van der Waals surface area contributed by atoms with Gasteiger partial charge in [-0.15, -0.1) is 0 Å². The van der Waals surface area contributed by atoms with E-state index in [0.717, 1.165) is 6.42 Å². The number of hydrogen-bond donors (Lipinski definition) is 0. The summed E-state index contributed by atoms with van der Waals surface area (Å²) in [6, 6.07) is 17.8. The molecular weight excluding hydrogens is 236 g/mol. The van der Waals surface area contributed by atoms with Gasteiger partial charge in [-0.1, -0.05) is 56.3 Å². The van der Waals surface area contributed by atoms with Crippen molar-refractivity contribution in [3.63, 3.8) is 0 Å². The predicted molar refractivity (Wildman–Crippen MR) is 80.4 cm³/mol. The van der Waals surface area contributed by atoms with E-state index in [1.807, 2.05) is 11.8 Å². The van der Waals surface area contributed by atoms with Crippen LogP contribution in [0.5, 0.6) is 0 Å². The lowest BCUT2D eigenvalue weighted by Crippen LogP contribution is -1.82. The van der Waals surface area contributed by atoms with Gasteiger partial charge in [-0.3, -0.25) is 0 Å². The van der Waals surface area contributed by atoms with Gasteiger partial charge in [0, 0.05) is 9.79 Å². The Morgan fingerprint density at radius 3 is 1.67 bits per heavy atom. The van der Waals surface area contributed by atoms with E-state index in [1.54, 1.807) is 0 Å². The Labute approximate surface area is 114 Å². The van der Waals surface area contributed by atoms with Crippen molar-refractivity contribution in [1.29, 1.82) is 0 Å². The summed E-state index contributed by atoms with van der Waals surface area (Å²) in [6.45, 7) is 4.41. The average molecular weight is 256 g/mol. The van der Waals surface area contributed by atoms with Gasteiger partial charge >= 0.3 is 0 Å². The van der Waals surface area contributed by atoms with Crippen LogP contribution in [0.3, 0.4) is 0 Å². The first-order valence-electron chi connectivity index (χ1n) is 6.67. The highest BCUT2D eigenvalue weighted by atomic mass is 32.2. The second-order valence-electron chi connectivity index (χ2n) is 4.49. The van der Waals surface area contributed by atoms with Gasteiger partial charge in [-0.05, 0) is 48.2 Å². The van der Waals surface area contributed by atoms with Crippen LogP contribution in [-0.4, -0.2) is 0 Å². The zero-order chi connectivity index (χ0) is 12.8. The first kappa shape index (κ1) is 13.2. The van der Waals surface area contributed by atoms with Gasteiger partial charge in [0.05, 0.1) is 0 Å². The van der Waals surface area contributed by atoms with Crippen LogP contribution < -0.4 is 0 Å². The van der Waals surface area contributed by atoms with Crippen LogP contribution in [0.25, 0.3) is 0 Å². The van der Waals surface area contributed by atoms with Crippen LogP contribution in [0.1, 0.15) is 31.4 Å². The fourth-order valence-corrected chi connectivity index (χ4v) is 2.76. The fourth-order valence-electron chi connectivity index (χ4n) is 1.94. The van der Waals surface area contributed by atoms with Crippen molar-refractivity contribution >= 4 is 11.8 Å². The molecule has 2 aromatic rings. The predicted octanol–water partition coefficient (Wildman–Crippen LogP) is 5.35. The zero-order valence-corrected chi connectivity index (χ0v) is 12.0. The fraction of sp³-hybridized carbons (Fsp3) is 0.294. The van der Waals surface area contributed by atoms with E-state index >= 15 is 0 Å². The monoisotopic (exact) mass is 256 g/mol. The van der Waals surface area contributed by atoms with E-state index in [9.17, 15) is 0 Å². The summed E-state index contributed by atoms with van der Waals surface area (Å²) in [6.07, 6.45) is 3.50. The molecule has 18 heavy (non-hydrogen) atoms. The van der Waals surface area contributed by atoms with Crippen molar-refractivity contribution in [2.75, 3.05) is 0 Å². The first-order chi connectivity index (χ1) is 8.81. The van der Waals surface area contributed by atoms with Crippen molar-refractivity contribution in [2.45, 2.75) is 42.9 Å². The molecule has 0 spiro atoms. The standard InChI is InChI=1S/C17H20S/c1-3-5-15-8-12-17(13-9-15)18-16-10-6-14(4-2)7-11-16/h6-13H,3-5H2,1-2H3. The Morgan fingerprint density at radius 2 is 1.22 bits per heavy atom. The smallest absolute Gasteiger partial charge is 0.0122 e. The topological polar surface area (TPSA) is 0 Å². The minimum Gasteiger partial charge on any atom is -0.0901 e. The van der Waals surface area contributed by atoms with Crippen molar-refractivity contribution in [3.05, 3.63) is 59.7 Å². The molecule has 0 nitrogen and oxygen atoms in total. The van der Waals surface area contributed by atoms with Crippen molar-refractivity contribution in [2.24, 2.45) is 0 Å². The Morgan fingerprint density at radius 1 is 0.722 bits per heavy atom. The minimum atomic E-state index is 1.11. The average Bonchev–Trinajstić information content (AvgIpc) is 2.42. The molecule has 0 aliphatic heterocycles. The molecule has 0 heterocycles. The normalized spacial score (nSPS) is 10.6. The SMILES string of the molecule is CCCc1ccc(Sc2ccc(CC)cc2)cc1. The van der Waals surface area contributed by atoms with E-state index in [2.05, 4.69) is 62.4 Å². The molecule has 0 amide bonds. The molecule has 0 aliphatic rings. The summed E-state index contributed by atoms with van der Waals surface area (Å²) >= 11 is 1.83. The van der Waals surface area contributed by atoms with Gasteiger partial charge in [0.2, 0.25) is 0 Å². The van der Waals surface area contributed by atoms with Gasteiger partial charge in [-0.25, -0.2) is 0 Å². The largest absolute Gasteiger partial charge is 0.0901 e. The summed E-state index contributed by atoms with van der Waals surface area (Å²) in [4.78, 5) is 2.63. The quantitative estimate of drug-likeness (QED) is 0.694. The van der Waals surface area contributed by atoms with Crippen LogP contribution in [0, 0.1) is 0 Å². The van der Waals surface area contributed by atoms with Crippen LogP contribution in [-0.2, 0) is 12.8 Å². The molecule has 0 aromatic heterocycles. The van der Waals surface area contributed by atoms with E-state index in [4.69, 9.17) is 0 Å². The molecule has 0 aliphatic carbocycles. The molecule has 0 radical (unpaired) electrons. The lowest BCUT2D eigenvalue weighted by atomic mass is 10.1. The van der Waals surface area contributed by atoms with Crippen molar-refractivity contribution in [3.8, 4) is 0 Å². The maximum atomic E-state index is 2.24. The Bertz CT molecular complexity index is 468. The molecular formula is C17H20S. The molecule has 0 saturated heterocycles. The van der Waals surface area contributed by atoms with E-state index in [1.165, 1.54) is 33.8 Å². The zero-order valence-electron chi connectivity index (χ0n) is 11.1. The van der Waals surface area contributed by atoms with E-state index in [0.29, 0.717) is 0 Å². The van der Waals surface area contributed by atoms with Gasteiger partial charge in [-0.2, -0.15) is 0 Å². The van der Waals surface area contributed by atoms with E-state index in [-0.39, 0.29) is 0 Å². The van der Waals surface area contributed by atoms with Crippen LogP contribution in [0.2, 0.25) is 0 Å². The second-order valence-corrected chi connectivity index (χ2v) is 5.64. The molecule has 2 aromatic carbocycles. The Hall–Kier alpha value is -1.21. The lowest BCUT2D eigenvalue weighted by Gasteiger charge is -2.04. The molecule has 0 bridgehead atoms. The number of benzene rings is 2. The number of hydrogen-bond acceptors (Lipinski definition) is 1. The summed E-state index contributed by atoms with van der Waals surface area (Å²) < 4.78 is 0. The third-order valence-corrected chi connectivity index (χ3v) is 4.05. The molecule has 0 unspecified atom stereocenters. The molecule has 0 saturated carbocycles. The highest BCUT2D eigenvalue weighted by Crippen LogP contribution is 2.28. The van der Waals surface area contributed by atoms with Crippen LogP contribution >= 0.6 is 11.8 Å². The van der Waals surface area contributed by atoms with E-state index < -0.39 is 0 Å². The van der Waals surface area contributed by atoms with Gasteiger partial charge < -0.3 is 0 Å². The highest BCUT2D eigenvalue weighted by molar-refractivity contribution is 7.99. The van der Waals surface area contributed by atoms with Gasteiger partial charge in [0.25, 0.3) is 0 Å². The molecule has 0 fully saturated rings. The van der Waals surface area contributed by atoms with Crippen LogP contribution in [0.4, 0.5) is 0 Å². The maximum Gasteiger partial charge on any atom is 0.0122 e. The Kier molecular flexibility index (Phi) is 4.89. The summed E-state index contributed by atoms with van der Waals surface area (Å²) in [5, 5.41) is 0. The third kappa shape index (κ3) is 3.64. The second kappa shape index (κ2) is 6.65. The van der Waals surface area contributed by atoms with Crippen molar-refractivity contribution < 1.29 is 0 Å². The minimum absolute atomic E-state index is 1.11. The number of aryl methyl sites for hydroxylation is 2. The summed E-state index contributed by atoms with van der Waals surface area (Å²) in [5.74, 6) is 0. The molecule has 0 N–H and O–H groups in total. The van der Waals surface area contributed by atoms with Crippen molar-refractivity contribution in [1.82, 2.24) is 0 Å². The molecule has 94 valence electrons. The van der Waals surface area contributed by atoms with Gasteiger partial charge in [0.15, 0.2) is 0 Å². The molecule has 0 atom stereocenters. The van der Waals surface area contributed by atoms with Gasteiger partial charge in [0.1, 0.15) is 0 Å². The lowest BCUT2D eigenvalue weighted by molar-refractivity contribution is 0.920. The third-order valence-electron chi connectivity index (χ3n) is 3.03. The summed E-state index contributed by atoms with van der Waals surface area (Å²) in [7, 11) is 0. The van der Waals surface area contributed by atoms with Crippen LogP contribution in [0.15, 0.2) is 58.3 Å². The first-order valence-corrected chi connectivity index (χ1v) is 7.49. The Balaban J connectivity index is 2.03. The highest BCUT2D eigenvalue weighted by Gasteiger charge is 1.98. The summed E-state index contributed by atoms with van der Waals surface area (Å²) in [5.41, 5.74) is 2.83. The number of rotatable bonds is 5. The maximum absolute atomic E-state index is 2.24.